The van der Waals surface area contributed by atoms with E-state index < -0.39 is 88.3 Å². The molecule has 0 aliphatic carbocycles. The first-order valence-electron chi connectivity index (χ1n) is 8.04. The van der Waals surface area contributed by atoms with Gasteiger partial charge in [0.25, 0.3) is 0 Å². The summed E-state index contributed by atoms with van der Waals surface area (Å²) in [7, 11) is -10.8. The molecule has 0 aromatic heterocycles. The van der Waals surface area contributed by atoms with Crippen molar-refractivity contribution < 1.29 is 73.7 Å². The molecule has 17 nitrogen and oxygen atoms in total. The van der Waals surface area contributed by atoms with Crippen LogP contribution in [0.3, 0.4) is 0 Å². The lowest BCUT2D eigenvalue weighted by molar-refractivity contribution is -0.319. The van der Waals surface area contributed by atoms with Crippen LogP contribution in [0.2, 0.25) is 0 Å². The second-order valence-electron chi connectivity index (χ2n) is 6.19. The molecule has 0 amide bonds. The summed E-state index contributed by atoms with van der Waals surface area (Å²) >= 11 is 0. The van der Waals surface area contributed by atoms with Gasteiger partial charge in [-0.25, -0.2) is 16.8 Å². The Morgan fingerprint density at radius 2 is 1.74 bits per heavy atom. The maximum atomic E-state index is 11.0. The predicted octanol–water partition coefficient (Wildman–Crippen LogP) is -6.55. The number of nitrogens with two attached hydrogens (primary N) is 1. The highest BCUT2D eigenvalue weighted by Gasteiger charge is 2.48. The van der Waals surface area contributed by atoms with Crippen molar-refractivity contribution in [1.82, 2.24) is 0 Å². The maximum absolute atomic E-state index is 11.0. The fourth-order valence-electron chi connectivity index (χ4n) is 2.66. The molecule has 2 aliphatic heterocycles. The van der Waals surface area contributed by atoms with E-state index in [4.69, 9.17) is 19.9 Å². The van der Waals surface area contributed by atoms with Gasteiger partial charge in [-0.05, 0) is 6.08 Å². The quantitative estimate of drug-likeness (QED) is 0.180. The second-order valence-corrected chi connectivity index (χ2v) is 8.25. The highest BCUT2D eigenvalue weighted by Crippen LogP contribution is 2.29. The summed E-state index contributed by atoms with van der Waals surface area (Å²) in [6.45, 7) is -1.15. The maximum Gasteiger partial charge on any atom is 0.231 e. The number of carboxylic acid groups (broad SMARTS) is 1. The van der Waals surface area contributed by atoms with Crippen LogP contribution in [-0.2, 0) is 48.2 Å². The molecular weight excluding hydrogens is 478 g/mol. The Morgan fingerprint density at radius 3 is 2.26 bits per heavy atom. The average Bonchev–Trinajstić information content (AvgIpc) is 2.61. The van der Waals surface area contributed by atoms with Crippen LogP contribution in [-0.4, -0.2) is 103 Å². The van der Waals surface area contributed by atoms with E-state index in [1.807, 2.05) is 0 Å². The van der Waals surface area contributed by atoms with Crippen LogP contribution in [0.5, 0.6) is 0 Å². The number of aliphatic carboxylic acids is 1. The normalized spacial score (nSPS) is 37.0. The molecule has 19 heteroatoms. The topological polar surface area (TPSA) is 287 Å². The Balaban J connectivity index is 2.34. The van der Waals surface area contributed by atoms with E-state index in [2.05, 4.69) is 8.37 Å². The molecule has 0 bridgehead atoms. The Labute approximate surface area is 174 Å². The molecule has 180 valence electrons. The third-order valence-electron chi connectivity index (χ3n) is 4.01. The molecule has 31 heavy (non-hydrogen) atoms. The van der Waals surface area contributed by atoms with Crippen molar-refractivity contribution in [3.63, 3.8) is 0 Å². The highest BCUT2D eigenvalue weighted by atomic mass is 32.3. The molecule has 2 rings (SSSR count). The lowest BCUT2D eigenvalue weighted by Crippen LogP contribution is -2.64. The number of hydrogen-bond donors (Lipinski definition) is 4. The van der Waals surface area contributed by atoms with Crippen molar-refractivity contribution in [1.29, 1.82) is 0 Å². The first-order valence-corrected chi connectivity index (χ1v) is 10.7. The van der Waals surface area contributed by atoms with E-state index in [1.54, 1.807) is 0 Å². The van der Waals surface area contributed by atoms with Crippen molar-refractivity contribution in [2.24, 2.45) is 5.73 Å². The Morgan fingerprint density at radius 1 is 1.13 bits per heavy atom. The third kappa shape index (κ3) is 7.00. The van der Waals surface area contributed by atoms with E-state index in [9.17, 15) is 51.2 Å². The van der Waals surface area contributed by atoms with Gasteiger partial charge in [0, 0.05) is 0 Å². The molecule has 0 spiro atoms. The van der Waals surface area contributed by atoms with E-state index in [0.717, 1.165) is 0 Å². The zero-order chi connectivity index (χ0) is 23.7. The molecule has 2 aliphatic rings. The minimum Gasteiger partial charge on any atom is -0.726 e. The van der Waals surface area contributed by atoms with E-state index in [-0.39, 0.29) is 0 Å². The number of ether oxygens (including phenoxy) is 3. The number of carbonyl (C=O) groups is 1. The molecule has 2 heterocycles. The molecule has 0 saturated carbocycles. The first-order chi connectivity index (χ1) is 14.1. The fourth-order valence-corrected chi connectivity index (χ4v) is 3.44. The van der Waals surface area contributed by atoms with Crippen molar-refractivity contribution in [3.8, 4) is 0 Å². The van der Waals surface area contributed by atoms with Crippen molar-refractivity contribution >= 4 is 26.8 Å². The van der Waals surface area contributed by atoms with Crippen molar-refractivity contribution in [3.05, 3.63) is 11.8 Å². The van der Waals surface area contributed by atoms with Gasteiger partial charge in [-0.15, -0.1) is 0 Å². The summed E-state index contributed by atoms with van der Waals surface area (Å²) in [4.78, 5) is 11.0. The molecule has 0 aromatic rings. The summed E-state index contributed by atoms with van der Waals surface area (Å²) < 4.78 is 87.8. The van der Waals surface area contributed by atoms with Crippen molar-refractivity contribution in [2.75, 3.05) is 6.61 Å². The van der Waals surface area contributed by atoms with E-state index in [0.29, 0.717) is 6.08 Å². The molecule has 8 atom stereocenters. The molecule has 0 aromatic carbocycles. The summed E-state index contributed by atoms with van der Waals surface area (Å²) in [6.07, 6.45) is -13.7. The first kappa shape index (κ1) is 25.8. The van der Waals surface area contributed by atoms with Gasteiger partial charge in [0.15, 0.2) is 12.4 Å². The van der Waals surface area contributed by atoms with Gasteiger partial charge in [0.1, 0.15) is 36.1 Å². The largest absolute Gasteiger partial charge is 0.726 e. The number of aliphatic hydroxyl groups excluding tert-OH is 3. The Hall–Kier alpha value is -1.49. The third-order valence-corrected chi connectivity index (χ3v) is 4.89. The van der Waals surface area contributed by atoms with Crippen LogP contribution in [0.25, 0.3) is 0 Å². The summed E-state index contributed by atoms with van der Waals surface area (Å²) in [5, 5.41) is 40.9. The van der Waals surface area contributed by atoms with Gasteiger partial charge in [0.2, 0.25) is 27.1 Å². The van der Waals surface area contributed by atoms with Crippen LogP contribution < -0.4 is 10.8 Å². The molecule has 0 radical (unpaired) electrons. The SMILES string of the molecule is NC1C(O)OC(COS(=O)(=O)[O-])C(OC2OC(C(=O)[O-])=CC(O)C2OS(=O)(=O)[O-])C1O. The minimum atomic E-state index is -5.51. The number of aliphatic hydroxyl groups is 3. The summed E-state index contributed by atoms with van der Waals surface area (Å²) in [5.74, 6) is -3.08. The van der Waals surface area contributed by atoms with Gasteiger partial charge in [-0.3, -0.25) is 8.37 Å². The number of carbonyl (C=O) groups excluding carboxylic acids is 1. The van der Waals surface area contributed by atoms with Gasteiger partial charge in [0.05, 0.1) is 12.6 Å². The highest BCUT2D eigenvalue weighted by molar-refractivity contribution is 7.81. The van der Waals surface area contributed by atoms with Gasteiger partial charge in [-0.1, -0.05) is 0 Å². The van der Waals surface area contributed by atoms with Crippen LogP contribution >= 0.6 is 0 Å². The molecule has 1 fully saturated rings. The van der Waals surface area contributed by atoms with Gasteiger partial charge >= 0.3 is 0 Å². The lowest BCUT2D eigenvalue weighted by atomic mass is 9.97. The zero-order valence-electron chi connectivity index (χ0n) is 14.9. The number of rotatable bonds is 8. The van der Waals surface area contributed by atoms with Crippen LogP contribution in [0.1, 0.15) is 0 Å². The zero-order valence-corrected chi connectivity index (χ0v) is 16.6. The van der Waals surface area contributed by atoms with Crippen LogP contribution in [0, 0.1) is 0 Å². The fraction of sp³-hybridized carbons (Fsp3) is 0.750. The molecular formula is C12H16NO16S2-3. The van der Waals surface area contributed by atoms with Crippen LogP contribution in [0.4, 0.5) is 0 Å². The predicted molar refractivity (Wildman–Crippen MR) is 83.9 cm³/mol. The number of hydrogen-bond acceptors (Lipinski definition) is 17. The lowest BCUT2D eigenvalue weighted by Gasteiger charge is -2.44. The smallest absolute Gasteiger partial charge is 0.231 e. The average molecular weight is 494 g/mol. The van der Waals surface area contributed by atoms with Gasteiger partial charge in [-0.2, -0.15) is 0 Å². The second kappa shape index (κ2) is 9.56. The van der Waals surface area contributed by atoms with Crippen molar-refractivity contribution in [2.45, 2.75) is 49.1 Å². The molecule has 1 saturated heterocycles. The molecule has 5 N–H and O–H groups in total. The summed E-state index contributed by atoms with van der Waals surface area (Å²) in [5.41, 5.74) is 5.49. The standard InChI is InChI=1S/C12H19NO16S2/c13-6-7(15)9(5(26-11(6)18)2-25-30(19,20)21)28-12-8(29-31(22,23)24)3(14)1-4(27-12)10(16)17/h1,3,5-9,11-12,14-15,18H,2,13H2,(H,16,17)(H,19,20,21)(H,22,23,24)/p-3. The minimum absolute atomic E-state index is 0.429. The Kier molecular flexibility index (Phi) is 7.95. The summed E-state index contributed by atoms with van der Waals surface area (Å²) in [6, 6.07) is -1.61. The van der Waals surface area contributed by atoms with Crippen LogP contribution in [0.15, 0.2) is 11.8 Å². The van der Waals surface area contributed by atoms with E-state index >= 15 is 0 Å². The monoisotopic (exact) mass is 494 g/mol. The Bertz CT molecular complexity index is 902. The van der Waals surface area contributed by atoms with E-state index in [1.165, 1.54) is 0 Å². The molecule has 8 unspecified atom stereocenters. The number of carboxylic acids is 1. The van der Waals surface area contributed by atoms with Gasteiger partial charge < -0.3 is 54.3 Å².